The van der Waals surface area contributed by atoms with Crippen molar-refractivity contribution in [2.45, 2.75) is 102 Å². The smallest absolute Gasteiger partial charge is 0.338 e. The van der Waals surface area contributed by atoms with Crippen molar-refractivity contribution in [3.63, 3.8) is 0 Å². The molecule has 2 aromatic carbocycles. The molecule has 4 N–H and O–H groups in total. The number of fused-ring (bicyclic) bond motifs is 5. The van der Waals surface area contributed by atoms with Crippen LogP contribution in [-0.4, -0.2) is 98.6 Å². The van der Waals surface area contributed by atoms with Gasteiger partial charge in [0, 0.05) is 31.6 Å². The fraction of sp³-hybridized carbons (Fsp3) is 0.526. The first-order chi connectivity index (χ1) is 23.5. The molecule has 1 saturated heterocycles. The predicted molar refractivity (Wildman–Crippen MR) is 175 cm³/mol. The number of Topliss-reactive ketones (excluding diaryl/α,β-unsaturated/α-hetero) is 1. The summed E-state index contributed by atoms with van der Waals surface area (Å²) in [6.07, 6.45) is -9.52. The van der Waals surface area contributed by atoms with Crippen LogP contribution in [0.3, 0.4) is 0 Å². The van der Waals surface area contributed by atoms with Crippen molar-refractivity contribution in [2.75, 3.05) is 6.61 Å². The summed E-state index contributed by atoms with van der Waals surface area (Å²) in [6, 6.07) is 16.8. The number of hydrogen-bond donors (Lipinski definition) is 4. The first kappa shape index (κ1) is 35.9. The molecule has 1 heterocycles. The molecule has 0 spiro atoms. The molecule has 4 aliphatic rings. The van der Waals surface area contributed by atoms with E-state index in [1.807, 2.05) is 0 Å². The maximum absolute atomic E-state index is 14.8. The van der Waals surface area contributed by atoms with Gasteiger partial charge >= 0.3 is 17.9 Å². The van der Waals surface area contributed by atoms with E-state index in [-0.39, 0.29) is 36.2 Å². The SMILES string of the molecule is CC(=O)O[C@@]12CO[C@@H]1C[C@H](O)[C@@]1(C)C(=O)[C@H](O)C3=C(C)[C@@H](OC(=O)[C@@H](O)Cc4ccccc4)C[C@](O)([C@@H](OC(=O)c4ccccc4)[C@H]21)C3(C)C. The first-order valence-electron chi connectivity index (χ1n) is 16.8. The summed E-state index contributed by atoms with van der Waals surface area (Å²) >= 11 is 0. The summed E-state index contributed by atoms with van der Waals surface area (Å²) in [7, 11) is 0. The number of carbonyl (C=O) groups excluding carboxylic acids is 4. The normalized spacial score (nSPS) is 36.4. The molecule has 0 aromatic heterocycles. The van der Waals surface area contributed by atoms with Crippen molar-refractivity contribution in [3.8, 4) is 0 Å². The second-order valence-corrected chi connectivity index (χ2v) is 14.8. The number of rotatable bonds is 7. The standard InChI is InChI=1S/C38H44O12/c1-20-25(48-34(45)24(40)16-22-12-8-6-9-13-22)18-38(46)32(49-33(44)23-14-10-7-11-15-23)30-36(5,31(43)29(42)28(20)35(38,3)4)26(41)17-27-37(30,19-47-27)50-21(2)39/h6-15,24-27,29-30,32,40-42,46H,16-19H2,1-5H3/t24-,25-,26-,27+,29+,30-,32-,36+,37-,38-/m0/s1. The average molecular weight is 693 g/mol. The highest BCUT2D eigenvalue weighted by Gasteiger charge is 2.78. The van der Waals surface area contributed by atoms with Gasteiger partial charge < -0.3 is 39.4 Å². The van der Waals surface area contributed by atoms with Crippen LogP contribution in [0.5, 0.6) is 0 Å². The first-order valence-corrected chi connectivity index (χ1v) is 16.8. The third kappa shape index (κ3) is 5.39. The van der Waals surface area contributed by atoms with Gasteiger partial charge in [0.15, 0.2) is 17.5 Å². The number of hydrogen-bond acceptors (Lipinski definition) is 12. The molecular weight excluding hydrogens is 648 g/mol. The quantitative estimate of drug-likeness (QED) is 0.189. The van der Waals surface area contributed by atoms with Crippen molar-refractivity contribution < 1.29 is 58.6 Å². The minimum Gasteiger partial charge on any atom is -0.456 e. The number of benzene rings is 2. The Morgan fingerprint density at radius 3 is 2.18 bits per heavy atom. The van der Waals surface area contributed by atoms with Crippen LogP contribution >= 0.6 is 0 Å². The zero-order valence-electron chi connectivity index (χ0n) is 28.7. The number of carbonyl (C=O) groups is 4. The van der Waals surface area contributed by atoms with Gasteiger partial charge in [-0.3, -0.25) is 9.59 Å². The van der Waals surface area contributed by atoms with Crippen molar-refractivity contribution in [1.29, 1.82) is 0 Å². The molecule has 1 aliphatic heterocycles. The lowest BCUT2D eigenvalue weighted by Gasteiger charge is -2.67. The lowest BCUT2D eigenvalue weighted by atomic mass is 9.44. The Morgan fingerprint density at radius 2 is 1.60 bits per heavy atom. The molecule has 0 amide bonds. The second-order valence-electron chi connectivity index (χ2n) is 14.8. The van der Waals surface area contributed by atoms with Crippen LogP contribution < -0.4 is 0 Å². The molecule has 2 aromatic rings. The van der Waals surface area contributed by atoms with E-state index in [4.69, 9.17) is 18.9 Å². The van der Waals surface area contributed by atoms with Crippen molar-refractivity contribution in [1.82, 2.24) is 0 Å². The van der Waals surface area contributed by atoms with E-state index >= 15 is 0 Å². The largest absolute Gasteiger partial charge is 0.456 e. The number of esters is 3. The van der Waals surface area contributed by atoms with E-state index in [9.17, 15) is 39.6 Å². The van der Waals surface area contributed by atoms with E-state index in [1.54, 1.807) is 69.3 Å². The molecule has 2 saturated carbocycles. The molecule has 50 heavy (non-hydrogen) atoms. The molecule has 2 bridgehead atoms. The number of aliphatic hydroxyl groups excluding tert-OH is 3. The molecule has 268 valence electrons. The molecular formula is C38H44O12. The number of ketones is 1. The summed E-state index contributed by atoms with van der Waals surface area (Å²) in [5, 5.41) is 47.8. The third-order valence-corrected chi connectivity index (χ3v) is 11.7. The lowest BCUT2D eigenvalue weighted by Crippen LogP contribution is -2.81. The maximum atomic E-state index is 14.8. The number of aliphatic hydroxyl groups is 4. The van der Waals surface area contributed by atoms with Gasteiger partial charge in [0.1, 0.15) is 30.0 Å². The van der Waals surface area contributed by atoms with Crippen LogP contribution in [0.15, 0.2) is 71.8 Å². The van der Waals surface area contributed by atoms with Gasteiger partial charge in [0.05, 0.1) is 29.6 Å². The highest BCUT2D eigenvalue weighted by Crippen LogP contribution is 2.64. The van der Waals surface area contributed by atoms with Crippen LogP contribution in [0.2, 0.25) is 0 Å². The van der Waals surface area contributed by atoms with Crippen molar-refractivity contribution in [3.05, 3.63) is 82.9 Å². The summed E-state index contributed by atoms with van der Waals surface area (Å²) < 4.78 is 23.9. The van der Waals surface area contributed by atoms with Gasteiger partial charge in [-0.05, 0) is 42.7 Å². The Kier molecular flexibility index (Phi) is 9.10. The third-order valence-electron chi connectivity index (χ3n) is 11.7. The van der Waals surface area contributed by atoms with Gasteiger partial charge in [0.2, 0.25) is 0 Å². The van der Waals surface area contributed by atoms with E-state index in [2.05, 4.69) is 0 Å². The van der Waals surface area contributed by atoms with Crippen LogP contribution in [0.1, 0.15) is 63.4 Å². The Labute approximate surface area is 290 Å². The molecule has 3 fully saturated rings. The van der Waals surface area contributed by atoms with E-state index in [0.29, 0.717) is 5.56 Å². The Hall–Kier alpha value is -3.94. The minimum atomic E-state index is -2.24. The molecule has 0 radical (unpaired) electrons. The molecule has 6 rings (SSSR count). The van der Waals surface area contributed by atoms with Gasteiger partial charge in [-0.1, -0.05) is 62.4 Å². The van der Waals surface area contributed by atoms with Crippen molar-refractivity contribution in [2.24, 2.45) is 16.7 Å². The summed E-state index contributed by atoms with van der Waals surface area (Å²) in [5.74, 6) is -4.90. The zero-order valence-corrected chi connectivity index (χ0v) is 28.7. The van der Waals surface area contributed by atoms with Crippen LogP contribution in [0, 0.1) is 16.7 Å². The summed E-state index contributed by atoms with van der Waals surface area (Å²) in [5.41, 5.74) is -6.29. The zero-order chi connectivity index (χ0) is 36.4. The second kappa shape index (κ2) is 12.7. The van der Waals surface area contributed by atoms with Gasteiger partial charge in [-0.25, -0.2) is 9.59 Å². The number of ether oxygens (including phenoxy) is 4. The lowest BCUT2D eigenvalue weighted by molar-refractivity contribution is -0.346. The molecule has 0 unspecified atom stereocenters. The molecule has 12 heteroatoms. The Balaban J connectivity index is 1.52. The molecule has 3 aliphatic carbocycles. The van der Waals surface area contributed by atoms with Gasteiger partial charge in [0.25, 0.3) is 0 Å². The van der Waals surface area contributed by atoms with Gasteiger partial charge in [-0.2, -0.15) is 0 Å². The van der Waals surface area contributed by atoms with Crippen molar-refractivity contribution >= 4 is 23.7 Å². The Morgan fingerprint density at radius 1 is 0.980 bits per heavy atom. The van der Waals surface area contributed by atoms with Crippen LogP contribution in [-0.2, 0) is 39.8 Å². The minimum absolute atomic E-state index is 0.0211. The Bertz CT molecular complexity index is 1700. The average Bonchev–Trinajstić information content (AvgIpc) is 3.07. The maximum Gasteiger partial charge on any atom is 0.338 e. The summed E-state index contributed by atoms with van der Waals surface area (Å²) in [4.78, 5) is 54.8. The summed E-state index contributed by atoms with van der Waals surface area (Å²) in [6.45, 7) is 7.09. The van der Waals surface area contributed by atoms with Gasteiger partial charge in [-0.15, -0.1) is 0 Å². The highest BCUT2D eigenvalue weighted by atomic mass is 16.6. The highest BCUT2D eigenvalue weighted by molar-refractivity contribution is 5.94. The monoisotopic (exact) mass is 692 g/mol. The fourth-order valence-corrected chi connectivity index (χ4v) is 8.91. The fourth-order valence-electron chi connectivity index (χ4n) is 8.91. The predicted octanol–water partition coefficient (Wildman–Crippen LogP) is 2.24. The topological polar surface area (TPSA) is 186 Å². The van der Waals surface area contributed by atoms with Crippen LogP contribution in [0.25, 0.3) is 0 Å². The molecule has 10 atom stereocenters. The molecule has 12 nitrogen and oxygen atoms in total. The van der Waals surface area contributed by atoms with E-state index in [0.717, 1.165) is 0 Å². The van der Waals surface area contributed by atoms with Crippen LogP contribution in [0.4, 0.5) is 0 Å². The van der Waals surface area contributed by atoms with E-state index in [1.165, 1.54) is 26.0 Å². The van der Waals surface area contributed by atoms with E-state index < -0.39 is 94.7 Å².